The number of rotatable bonds is 6. The summed E-state index contributed by atoms with van der Waals surface area (Å²) in [6.07, 6.45) is 7.45. The van der Waals surface area contributed by atoms with E-state index < -0.39 is 10.0 Å². The van der Waals surface area contributed by atoms with Gasteiger partial charge in [0.2, 0.25) is 0 Å². The summed E-state index contributed by atoms with van der Waals surface area (Å²) in [5.41, 5.74) is 2.72. The van der Waals surface area contributed by atoms with Gasteiger partial charge in [0.1, 0.15) is 10.6 Å². The number of hydrogen-bond donors (Lipinski definition) is 2. The molecule has 2 N–H and O–H groups in total. The van der Waals surface area contributed by atoms with Crippen LogP contribution in [0.3, 0.4) is 0 Å². The van der Waals surface area contributed by atoms with Crippen LogP contribution in [0.15, 0.2) is 47.8 Å². The number of ether oxygens (including phenoxy) is 2. The molecule has 10 nitrogen and oxygen atoms in total. The average Bonchev–Trinajstić information content (AvgIpc) is 3.35. The lowest BCUT2D eigenvalue weighted by Gasteiger charge is -2.22. The van der Waals surface area contributed by atoms with Crippen LogP contribution in [-0.2, 0) is 21.2 Å². The number of anilines is 1. The van der Waals surface area contributed by atoms with Crippen LogP contribution in [0.2, 0.25) is 0 Å². The SMILES string of the molecule is COc1ccc(-c2cnn(C3CCOCC3)c2)cc1S(=O)(=O)Nc1cnc2c(c1)C(=O)NCC2. The maximum absolute atomic E-state index is 13.3. The number of carbonyl (C=O) groups is 1. The van der Waals surface area contributed by atoms with Crippen molar-refractivity contribution < 1.29 is 22.7 Å². The quantitative estimate of drug-likeness (QED) is 0.552. The molecule has 3 aromatic rings. The van der Waals surface area contributed by atoms with Crippen molar-refractivity contribution in [3.63, 3.8) is 0 Å². The van der Waals surface area contributed by atoms with E-state index in [1.165, 1.54) is 19.4 Å². The number of sulfonamides is 1. The zero-order valence-electron chi connectivity index (χ0n) is 18.7. The van der Waals surface area contributed by atoms with Crippen LogP contribution in [0, 0.1) is 0 Å². The number of amides is 1. The number of carbonyl (C=O) groups excluding carboxylic acids is 1. The summed E-state index contributed by atoms with van der Waals surface area (Å²) in [6, 6.07) is 6.75. The Morgan fingerprint density at radius 3 is 2.79 bits per heavy atom. The lowest BCUT2D eigenvalue weighted by molar-refractivity contribution is 0.0662. The highest BCUT2D eigenvalue weighted by Gasteiger charge is 2.24. The molecular weight excluding hydrogens is 458 g/mol. The first-order chi connectivity index (χ1) is 16.4. The van der Waals surface area contributed by atoms with Gasteiger partial charge in [-0.3, -0.25) is 19.2 Å². The van der Waals surface area contributed by atoms with Crippen molar-refractivity contribution in [3.05, 3.63) is 54.1 Å². The molecule has 5 rings (SSSR count). The third kappa shape index (κ3) is 4.36. The predicted molar refractivity (Wildman–Crippen MR) is 124 cm³/mol. The minimum atomic E-state index is -4.03. The number of benzene rings is 1. The van der Waals surface area contributed by atoms with E-state index in [0.717, 1.165) is 18.4 Å². The molecule has 1 saturated heterocycles. The molecule has 2 aromatic heterocycles. The maximum atomic E-state index is 13.3. The van der Waals surface area contributed by atoms with Crippen molar-refractivity contribution >= 4 is 21.6 Å². The second-order valence-electron chi connectivity index (χ2n) is 8.25. The van der Waals surface area contributed by atoms with Crippen molar-refractivity contribution in [1.29, 1.82) is 0 Å². The molecule has 1 aromatic carbocycles. The van der Waals surface area contributed by atoms with Crippen molar-refractivity contribution in [1.82, 2.24) is 20.1 Å². The van der Waals surface area contributed by atoms with Gasteiger partial charge in [-0.1, -0.05) is 6.07 Å². The smallest absolute Gasteiger partial charge is 0.265 e. The molecule has 11 heteroatoms. The molecule has 0 saturated carbocycles. The highest BCUT2D eigenvalue weighted by molar-refractivity contribution is 7.92. The minimum Gasteiger partial charge on any atom is -0.495 e. The Morgan fingerprint density at radius 1 is 1.18 bits per heavy atom. The van der Waals surface area contributed by atoms with Crippen LogP contribution < -0.4 is 14.8 Å². The van der Waals surface area contributed by atoms with Gasteiger partial charge >= 0.3 is 0 Å². The molecule has 0 bridgehead atoms. The Balaban J connectivity index is 1.45. The fraction of sp³-hybridized carbons (Fsp3) is 0.348. The Kier molecular flexibility index (Phi) is 5.96. The van der Waals surface area contributed by atoms with Crippen LogP contribution in [0.4, 0.5) is 5.69 Å². The van der Waals surface area contributed by atoms with Crippen LogP contribution in [0.25, 0.3) is 11.1 Å². The second kappa shape index (κ2) is 9.07. The standard InChI is InChI=1S/C23H25N5O5S/c1-32-21-3-2-15(16-12-26-28(14-16)18-5-8-33-9-6-18)10-22(21)34(30,31)27-17-11-19-20(25-13-17)4-7-24-23(19)29/h2-3,10-14,18,27H,4-9H2,1H3,(H,24,29). The van der Waals surface area contributed by atoms with Gasteiger partial charge in [-0.2, -0.15) is 5.10 Å². The van der Waals surface area contributed by atoms with Crippen LogP contribution in [0.5, 0.6) is 5.75 Å². The largest absolute Gasteiger partial charge is 0.495 e. The number of hydrogen-bond acceptors (Lipinski definition) is 7. The van der Waals surface area contributed by atoms with Gasteiger partial charge in [-0.15, -0.1) is 0 Å². The highest BCUT2D eigenvalue weighted by Crippen LogP contribution is 2.32. The molecule has 1 fully saturated rings. The number of nitrogens with zero attached hydrogens (tertiary/aromatic N) is 3. The topological polar surface area (TPSA) is 124 Å². The summed E-state index contributed by atoms with van der Waals surface area (Å²) in [5, 5.41) is 7.22. The van der Waals surface area contributed by atoms with E-state index in [9.17, 15) is 13.2 Å². The van der Waals surface area contributed by atoms with Crippen molar-refractivity contribution in [2.45, 2.75) is 30.2 Å². The van der Waals surface area contributed by atoms with Crippen molar-refractivity contribution in [3.8, 4) is 16.9 Å². The molecule has 0 unspecified atom stereocenters. The second-order valence-corrected chi connectivity index (χ2v) is 9.90. The molecule has 0 atom stereocenters. The number of methoxy groups -OCH3 is 1. The summed E-state index contributed by atoms with van der Waals surface area (Å²) in [4.78, 5) is 16.4. The number of fused-ring (bicyclic) bond motifs is 1. The maximum Gasteiger partial charge on any atom is 0.265 e. The van der Waals surface area contributed by atoms with Gasteiger partial charge in [0, 0.05) is 37.9 Å². The summed E-state index contributed by atoms with van der Waals surface area (Å²) >= 11 is 0. The van der Waals surface area contributed by atoms with E-state index in [-0.39, 0.29) is 28.3 Å². The van der Waals surface area contributed by atoms with Gasteiger partial charge in [-0.05, 0) is 36.6 Å². The number of nitrogens with one attached hydrogen (secondary N) is 2. The Labute approximate surface area is 197 Å². The molecular formula is C23H25N5O5S. The Hall–Kier alpha value is -3.44. The summed E-state index contributed by atoms with van der Waals surface area (Å²) < 4.78 is 41.8. The van der Waals surface area contributed by atoms with Crippen LogP contribution in [-0.4, -0.2) is 56.0 Å². The Morgan fingerprint density at radius 2 is 2.00 bits per heavy atom. The third-order valence-electron chi connectivity index (χ3n) is 6.07. The van der Waals surface area contributed by atoms with E-state index in [1.54, 1.807) is 24.4 Å². The first-order valence-electron chi connectivity index (χ1n) is 11.0. The zero-order valence-corrected chi connectivity index (χ0v) is 19.5. The lowest BCUT2D eigenvalue weighted by Crippen LogP contribution is -2.32. The van der Waals surface area contributed by atoms with Gasteiger partial charge in [0.15, 0.2) is 0 Å². The van der Waals surface area contributed by atoms with Crippen LogP contribution in [0.1, 0.15) is 34.9 Å². The fourth-order valence-corrected chi connectivity index (χ4v) is 5.48. The molecule has 2 aliphatic heterocycles. The van der Waals surface area contributed by atoms with E-state index in [4.69, 9.17) is 9.47 Å². The third-order valence-corrected chi connectivity index (χ3v) is 7.47. The zero-order chi connectivity index (χ0) is 23.7. The molecule has 0 aliphatic carbocycles. The first-order valence-corrected chi connectivity index (χ1v) is 12.5. The van der Waals surface area contributed by atoms with E-state index >= 15 is 0 Å². The van der Waals surface area contributed by atoms with Gasteiger partial charge in [0.05, 0.1) is 42.5 Å². The molecule has 0 spiro atoms. The minimum absolute atomic E-state index is 0.0199. The predicted octanol–water partition coefficient (Wildman–Crippen LogP) is 2.39. The summed E-state index contributed by atoms with van der Waals surface area (Å²) in [5.74, 6) is -0.0624. The van der Waals surface area contributed by atoms with Crippen molar-refractivity contribution in [2.75, 3.05) is 31.6 Å². The summed E-state index contributed by atoms with van der Waals surface area (Å²) in [6.45, 7) is 1.92. The van der Waals surface area contributed by atoms with Gasteiger partial charge in [-0.25, -0.2) is 8.42 Å². The molecule has 4 heterocycles. The van der Waals surface area contributed by atoms with Crippen LogP contribution >= 0.6 is 0 Å². The van der Waals surface area contributed by atoms with E-state index in [2.05, 4.69) is 20.1 Å². The fourth-order valence-electron chi connectivity index (χ4n) is 4.25. The van der Waals surface area contributed by atoms with Gasteiger partial charge in [0.25, 0.3) is 15.9 Å². The van der Waals surface area contributed by atoms with Crippen molar-refractivity contribution in [2.24, 2.45) is 0 Å². The van der Waals surface area contributed by atoms with E-state index in [1.807, 2.05) is 10.9 Å². The monoisotopic (exact) mass is 483 g/mol. The van der Waals surface area contributed by atoms with Gasteiger partial charge < -0.3 is 14.8 Å². The number of pyridine rings is 1. The molecule has 2 aliphatic rings. The highest BCUT2D eigenvalue weighted by atomic mass is 32.2. The number of aromatic nitrogens is 3. The molecule has 1 amide bonds. The molecule has 34 heavy (non-hydrogen) atoms. The Bertz CT molecular complexity index is 1330. The normalized spacial score (nSPS) is 16.6. The average molecular weight is 484 g/mol. The molecule has 178 valence electrons. The summed E-state index contributed by atoms with van der Waals surface area (Å²) in [7, 11) is -2.62. The molecule has 0 radical (unpaired) electrons. The van der Waals surface area contributed by atoms with E-state index in [0.29, 0.717) is 43.0 Å². The first kappa shape index (κ1) is 22.4. The lowest BCUT2D eigenvalue weighted by atomic mass is 10.1.